The summed E-state index contributed by atoms with van der Waals surface area (Å²) in [5, 5.41) is 23.1. The lowest BCUT2D eigenvalue weighted by Gasteiger charge is -2.31. The van der Waals surface area contributed by atoms with E-state index < -0.39 is 24.2 Å². The van der Waals surface area contributed by atoms with Gasteiger partial charge in [0.25, 0.3) is 0 Å². The molecule has 3 unspecified atom stereocenters. The summed E-state index contributed by atoms with van der Waals surface area (Å²) in [4.78, 5) is 11.8. The van der Waals surface area contributed by atoms with Crippen molar-refractivity contribution in [3.8, 4) is 0 Å². The predicted molar refractivity (Wildman–Crippen MR) is 78.4 cm³/mol. The van der Waals surface area contributed by atoms with E-state index in [1.54, 1.807) is 13.0 Å². The van der Waals surface area contributed by atoms with Crippen molar-refractivity contribution in [3.05, 3.63) is 47.5 Å². The lowest BCUT2D eigenvalue weighted by Crippen LogP contribution is -2.48. The van der Waals surface area contributed by atoms with Gasteiger partial charge < -0.3 is 20.3 Å². The average molecular weight is 291 g/mol. The maximum absolute atomic E-state index is 11.8. The Hall–Kier alpha value is -1.69. The Labute approximate surface area is 124 Å². The van der Waals surface area contributed by atoms with E-state index in [0.29, 0.717) is 12.1 Å². The summed E-state index contributed by atoms with van der Waals surface area (Å²) in [6, 6.07) is 9.25. The first-order chi connectivity index (χ1) is 10.1. The van der Waals surface area contributed by atoms with Crippen LogP contribution >= 0.6 is 0 Å². The van der Waals surface area contributed by atoms with Crippen LogP contribution in [-0.4, -0.2) is 41.0 Å². The molecule has 5 heteroatoms. The minimum absolute atomic E-state index is 0.115. The minimum Gasteiger partial charge on any atom is -0.463 e. The molecular weight excluding hydrogens is 270 g/mol. The van der Waals surface area contributed by atoms with Crippen molar-refractivity contribution in [1.29, 1.82) is 0 Å². The van der Waals surface area contributed by atoms with Crippen molar-refractivity contribution in [2.75, 3.05) is 6.61 Å². The molecule has 3 N–H and O–H groups in total. The molecule has 114 valence electrons. The van der Waals surface area contributed by atoms with E-state index in [-0.39, 0.29) is 13.0 Å². The molecule has 0 amide bonds. The Morgan fingerprint density at radius 2 is 2.05 bits per heavy atom. The Bertz CT molecular complexity index is 500. The Morgan fingerprint density at radius 1 is 1.33 bits per heavy atom. The van der Waals surface area contributed by atoms with Crippen LogP contribution in [0.4, 0.5) is 0 Å². The quantitative estimate of drug-likeness (QED) is 0.698. The predicted octanol–water partition coefficient (Wildman–Crippen LogP) is 0.760. The summed E-state index contributed by atoms with van der Waals surface area (Å²) >= 11 is 0. The number of hydrogen-bond acceptors (Lipinski definition) is 5. The number of nitrogens with one attached hydrogen (secondary N) is 1. The van der Waals surface area contributed by atoms with Crippen molar-refractivity contribution < 1.29 is 19.7 Å². The van der Waals surface area contributed by atoms with Crippen molar-refractivity contribution in [1.82, 2.24) is 5.32 Å². The lowest BCUT2D eigenvalue weighted by molar-refractivity contribution is -0.139. The van der Waals surface area contributed by atoms with Crippen molar-refractivity contribution in [2.24, 2.45) is 0 Å². The van der Waals surface area contributed by atoms with Crippen LogP contribution < -0.4 is 5.32 Å². The Balaban J connectivity index is 2.04. The van der Waals surface area contributed by atoms with Crippen LogP contribution in [0.25, 0.3) is 0 Å². The monoisotopic (exact) mass is 291 g/mol. The van der Waals surface area contributed by atoms with Gasteiger partial charge in [-0.25, -0.2) is 4.79 Å². The van der Waals surface area contributed by atoms with Gasteiger partial charge in [0.15, 0.2) is 0 Å². The maximum atomic E-state index is 11.8. The molecule has 0 spiro atoms. The molecule has 5 nitrogen and oxygen atoms in total. The van der Waals surface area contributed by atoms with E-state index in [1.165, 1.54) is 0 Å². The molecule has 1 aliphatic carbocycles. The highest BCUT2D eigenvalue weighted by molar-refractivity contribution is 5.89. The number of aliphatic hydroxyl groups is 2. The third-order valence-corrected chi connectivity index (χ3v) is 3.49. The molecule has 0 fully saturated rings. The largest absolute Gasteiger partial charge is 0.463 e. The van der Waals surface area contributed by atoms with Gasteiger partial charge >= 0.3 is 5.97 Å². The number of esters is 1. The molecular formula is C16H21NO4. The normalized spacial score (nSPS) is 25.3. The SMILES string of the molecule is CCOC(=O)C1=CC(NCc2ccccc2)C(O)C(O)C1. The molecule has 0 saturated heterocycles. The van der Waals surface area contributed by atoms with Gasteiger partial charge in [-0.05, 0) is 12.5 Å². The van der Waals surface area contributed by atoms with Gasteiger partial charge in [-0.2, -0.15) is 0 Å². The molecule has 2 rings (SSSR count). The highest BCUT2D eigenvalue weighted by Crippen LogP contribution is 2.21. The number of ether oxygens (including phenoxy) is 1. The molecule has 1 aromatic rings. The summed E-state index contributed by atoms with van der Waals surface area (Å²) in [6.07, 6.45) is -0.142. The summed E-state index contributed by atoms with van der Waals surface area (Å²) in [5.74, 6) is -0.435. The van der Waals surface area contributed by atoms with Gasteiger partial charge in [-0.15, -0.1) is 0 Å². The average Bonchev–Trinajstić information content (AvgIpc) is 2.50. The van der Waals surface area contributed by atoms with E-state index in [0.717, 1.165) is 5.56 Å². The highest BCUT2D eigenvalue weighted by Gasteiger charge is 2.32. The summed E-state index contributed by atoms with van der Waals surface area (Å²) < 4.78 is 4.95. The van der Waals surface area contributed by atoms with E-state index >= 15 is 0 Å². The van der Waals surface area contributed by atoms with E-state index in [1.807, 2.05) is 30.3 Å². The molecule has 1 aromatic carbocycles. The number of benzene rings is 1. The second kappa shape index (κ2) is 7.36. The highest BCUT2D eigenvalue weighted by atomic mass is 16.5. The first-order valence-corrected chi connectivity index (χ1v) is 7.13. The van der Waals surface area contributed by atoms with Gasteiger partial charge in [-0.3, -0.25) is 0 Å². The third kappa shape index (κ3) is 4.14. The molecule has 0 aliphatic heterocycles. The number of carbonyl (C=O) groups excluding carboxylic acids is 1. The molecule has 3 atom stereocenters. The number of carbonyl (C=O) groups is 1. The van der Waals surface area contributed by atoms with Crippen molar-refractivity contribution in [2.45, 2.75) is 38.1 Å². The molecule has 21 heavy (non-hydrogen) atoms. The van der Waals surface area contributed by atoms with Crippen LogP contribution in [0.2, 0.25) is 0 Å². The van der Waals surface area contributed by atoms with E-state index in [4.69, 9.17) is 4.74 Å². The Morgan fingerprint density at radius 3 is 2.71 bits per heavy atom. The van der Waals surface area contributed by atoms with Crippen molar-refractivity contribution >= 4 is 5.97 Å². The summed E-state index contributed by atoms with van der Waals surface area (Å²) in [5.41, 5.74) is 1.47. The topological polar surface area (TPSA) is 78.8 Å². The molecule has 0 bridgehead atoms. The van der Waals surface area contributed by atoms with Crippen LogP contribution in [-0.2, 0) is 16.1 Å². The van der Waals surface area contributed by atoms with E-state index in [9.17, 15) is 15.0 Å². The minimum atomic E-state index is -0.970. The number of rotatable bonds is 5. The van der Waals surface area contributed by atoms with Crippen molar-refractivity contribution in [3.63, 3.8) is 0 Å². The summed E-state index contributed by atoms with van der Waals surface area (Å²) in [6.45, 7) is 2.57. The zero-order valence-electron chi connectivity index (χ0n) is 12.0. The zero-order valence-corrected chi connectivity index (χ0v) is 12.0. The van der Waals surface area contributed by atoms with Gasteiger partial charge in [0, 0.05) is 18.5 Å². The second-order valence-electron chi connectivity index (χ2n) is 5.07. The first kappa shape index (κ1) is 15.7. The molecule has 0 saturated carbocycles. The maximum Gasteiger partial charge on any atom is 0.333 e. The van der Waals surface area contributed by atoms with Gasteiger partial charge in [0.2, 0.25) is 0 Å². The van der Waals surface area contributed by atoms with Crippen LogP contribution in [0.3, 0.4) is 0 Å². The third-order valence-electron chi connectivity index (χ3n) is 3.49. The standard InChI is InChI=1S/C16H21NO4/c1-2-21-16(20)12-8-13(15(19)14(18)9-12)17-10-11-6-4-3-5-7-11/h3-8,13-15,17-19H,2,9-10H2,1H3. The van der Waals surface area contributed by atoms with Gasteiger partial charge in [0.05, 0.1) is 24.9 Å². The van der Waals surface area contributed by atoms with E-state index in [2.05, 4.69) is 5.32 Å². The Kier molecular flexibility index (Phi) is 5.50. The number of hydrogen-bond donors (Lipinski definition) is 3. The van der Waals surface area contributed by atoms with Crippen LogP contribution in [0.15, 0.2) is 42.0 Å². The van der Waals surface area contributed by atoms with Gasteiger partial charge in [-0.1, -0.05) is 36.4 Å². The molecule has 0 heterocycles. The van der Waals surface area contributed by atoms with Crippen LogP contribution in [0, 0.1) is 0 Å². The molecule has 0 radical (unpaired) electrons. The fourth-order valence-corrected chi connectivity index (χ4v) is 2.36. The zero-order chi connectivity index (χ0) is 15.2. The lowest BCUT2D eigenvalue weighted by atomic mass is 9.90. The van der Waals surface area contributed by atoms with Crippen LogP contribution in [0.5, 0.6) is 0 Å². The summed E-state index contributed by atoms with van der Waals surface area (Å²) in [7, 11) is 0. The second-order valence-corrected chi connectivity index (χ2v) is 5.07. The fraction of sp³-hybridized carbons (Fsp3) is 0.438. The molecule has 1 aliphatic rings. The fourth-order valence-electron chi connectivity index (χ4n) is 2.36. The molecule has 0 aromatic heterocycles. The first-order valence-electron chi connectivity index (χ1n) is 7.13. The number of aliphatic hydroxyl groups excluding tert-OH is 2. The van der Waals surface area contributed by atoms with Crippen LogP contribution in [0.1, 0.15) is 18.9 Å². The van der Waals surface area contributed by atoms with Gasteiger partial charge in [0.1, 0.15) is 0 Å². The smallest absolute Gasteiger partial charge is 0.333 e.